The van der Waals surface area contributed by atoms with Crippen molar-refractivity contribution < 1.29 is 9.59 Å². The molecule has 31 heavy (non-hydrogen) atoms. The Morgan fingerprint density at radius 3 is 2.87 bits per heavy atom. The van der Waals surface area contributed by atoms with Crippen molar-refractivity contribution in [2.24, 2.45) is 11.8 Å². The molecule has 0 bridgehead atoms. The smallest absolute Gasteiger partial charge is 0.261 e. The van der Waals surface area contributed by atoms with E-state index >= 15 is 0 Å². The molecule has 1 fully saturated rings. The van der Waals surface area contributed by atoms with Crippen LogP contribution in [0.4, 0.5) is 0 Å². The Bertz CT molecular complexity index is 1000. The predicted molar refractivity (Wildman–Crippen MR) is 126 cm³/mol. The molecule has 0 saturated carbocycles. The topological polar surface area (TPSA) is 75.2 Å². The number of rotatable bonds is 8. The number of unbranched alkanes of at least 4 members (excludes halogenated alkanes) is 1. The van der Waals surface area contributed by atoms with E-state index in [1.165, 1.54) is 22.7 Å². The highest BCUT2D eigenvalue weighted by molar-refractivity contribution is 7.20. The molecular weight excluding hydrogens is 428 g/mol. The molecule has 3 atom stereocenters. The number of hydrogen-bond donors (Lipinski definition) is 1. The van der Waals surface area contributed by atoms with E-state index < -0.39 is 0 Å². The number of Topliss-reactive ketones (excluding diaryl/α,β-unsaturated/α-hetero) is 1. The summed E-state index contributed by atoms with van der Waals surface area (Å²) in [6, 6.07) is 4.08. The fourth-order valence-corrected chi connectivity index (χ4v) is 6.05. The molecular formula is C23H28N4O2S2. The first kappa shape index (κ1) is 22.0. The number of carbonyl (C=O) groups excluding carboxylic acids is 2. The average molecular weight is 457 g/mol. The standard InChI is InChI=1S/C23H28N4O2S2/c1-15-21(22(28)20-13-25-14-30-20)16(7-10-27(15)2)5-3-4-8-26-23(29)18-11-17-6-9-24-12-19(17)31-18/h6,9,11-16,21H,3-5,7-8,10H2,1-2H3,(H,26,29). The lowest BCUT2D eigenvalue weighted by molar-refractivity contribution is 0.0529. The van der Waals surface area contributed by atoms with Crippen molar-refractivity contribution in [1.29, 1.82) is 0 Å². The average Bonchev–Trinajstić information content (AvgIpc) is 3.45. The summed E-state index contributed by atoms with van der Waals surface area (Å²) in [6.45, 7) is 3.84. The molecule has 0 radical (unpaired) electrons. The molecule has 0 aromatic carbocycles. The van der Waals surface area contributed by atoms with E-state index in [1.807, 2.05) is 12.1 Å². The third-order valence-electron chi connectivity index (χ3n) is 6.39. The van der Waals surface area contributed by atoms with Crippen molar-refractivity contribution in [3.63, 3.8) is 0 Å². The van der Waals surface area contributed by atoms with Crippen molar-refractivity contribution in [2.75, 3.05) is 20.1 Å². The summed E-state index contributed by atoms with van der Waals surface area (Å²) in [6.07, 6.45) is 9.21. The van der Waals surface area contributed by atoms with Gasteiger partial charge in [-0.1, -0.05) is 6.42 Å². The summed E-state index contributed by atoms with van der Waals surface area (Å²) in [5.74, 6) is 0.610. The van der Waals surface area contributed by atoms with Crippen LogP contribution in [-0.2, 0) is 0 Å². The molecule has 0 aliphatic carbocycles. The maximum Gasteiger partial charge on any atom is 0.261 e. The van der Waals surface area contributed by atoms with Crippen molar-refractivity contribution in [1.82, 2.24) is 20.2 Å². The molecule has 164 valence electrons. The van der Waals surface area contributed by atoms with Gasteiger partial charge in [-0.25, -0.2) is 0 Å². The Balaban J connectivity index is 1.27. The first-order valence-electron chi connectivity index (χ1n) is 10.8. The van der Waals surface area contributed by atoms with E-state index in [1.54, 1.807) is 24.1 Å². The van der Waals surface area contributed by atoms with Crippen LogP contribution in [0.1, 0.15) is 52.0 Å². The second-order valence-electron chi connectivity index (χ2n) is 8.30. The fraction of sp³-hybridized carbons (Fsp3) is 0.478. The van der Waals surface area contributed by atoms with Crippen LogP contribution in [0.3, 0.4) is 0 Å². The summed E-state index contributed by atoms with van der Waals surface area (Å²) < 4.78 is 1.03. The molecule has 3 unspecified atom stereocenters. The van der Waals surface area contributed by atoms with Crippen LogP contribution < -0.4 is 5.32 Å². The van der Waals surface area contributed by atoms with E-state index in [0.717, 1.165) is 52.1 Å². The fourth-order valence-electron chi connectivity index (χ4n) is 4.50. The van der Waals surface area contributed by atoms with Gasteiger partial charge >= 0.3 is 0 Å². The number of nitrogens with zero attached hydrogens (tertiary/aromatic N) is 3. The molecule has 4 rings (SSSR count). The lowest BCUT2D eigenvalue weighted by Gasteiger charge is -2.41. The molecule has 1 aliphatic heterocycles. The van der Waals surface area contributed by atoms with Gasteiger partial charge in [0.25, 0.3) is 5.91 Å². The van der Waals surface area contributed by atoms with Gasteiger partial charge in [0.15, 0.2) is 5.78 Å². The second kappa shape index (κ2) is 9.97. The first-order chi connectivity index (χ1) is 15.0. The molecule has 0 spiro atoms. The number of piperidine rings is 1. The highest BCUT2D eigenvalue weighted by Crippen LogP contribution is 2.35. The monoisotopic (exact) mass is 456 g/mol. The number of fused-ring (bicyclic) bond motifs is 1. The molecule has 6 nitrogen and oxygen atoms in total. The summed E-state index contributed by atoms with van der Waals surface area (Å²) in [5.41, 5.74) is 1.73. The zero-order valence-corrected chi connectivity index (χ0v) is 19.5. The van der Waals surface area contributed by atoms with Crippen LogP contribution in [0.2, 0.25) is 0 Å². The van der Waals surface area contributed by atoms with Gasteiger partial charge in [-0.15, -0.1) is 22.7 Å². The van der Waals surface area contributed by atoms with Gasteiger partial charge in [0.05, 0.1) is 20.0 Å². The Hall–Kier alpha value is -2.16. The normalized spacial score (nSPS) is 21.9. The number of carbonyl (C=O) groups is 2. The molecule has 1 saturated heterocycles. The van der Waals surface area contributed by atoms with Crippen LogP contribution >= 0.6 is 22.7 Å². The summed E-state index contributed by atoms with van der Waals surface area (Å²) >= 11 is 2.91. The molecule has 4 heterocycles. The number of likely N-dealkylation sites (tertiary alicyclic amines) is 1. The minimum absolute atomic E-state index is 0.0148. The number of ketones is 1. The molecule has 3 aromatic heterocycles. The maximum absolute atomic E-state index is 13.1. The van der Waals surface area contributed by atoms with Gasteiger partial charge in [-0.2, -0.15) is 0 Å². The van der Waals surface area contributed by atoms with Gasteiger partial charge in [0.2, 0.25) is 0 Å². The van der Waals surface area contributed by atoms with Crippen LogP contribution in [-0.4, -0.2) is 52.7 Å². The Labute approximate surface area is 190 Å². The third-order valence-corrected chi connectivity index (χ3v) is 8.26. The number of thiazole rings is 1. The quantitative estimate of drug-likeness (QED) is 0.399. The van der Waals surface area contributed by atoms with Crippen molar-refractivity contribution >= 4 is 44.5 Å². The third kappa shape index (κ3) is 5.02. The van der Waals surface area contributed by atoms with E-state index in [2.05, 4.69) is 34.2 Å². The van der Waals surface area contributed by atoms with Crippen LogP contribution in [0, 0.1) is 11.8 Å². The number of thiophene rings is 1. The molecule has 1 amide bonds. The van der Waals surface area contributed by atoms with Gasteiger partial charge in [0, 0.05) is 37.1 Å². The minimum atomic E-state index is -0.0210. The molecule has 8 heteroatoms. The van der Waals surface area contributed by atoms with Crippen molar-refractivity contribution in [3.8, 4) is 0 Å². The Morgan fingerprint density at radius 1 is 1.23 bits per heavy atom. The van der Waals surface area contributed by atoms with Crippen LogP contribution in [0.15, 0.2) is 36.2 Å². The second-order valence-corrected chi connectivity index (χ2v) is 10.3. The SMILES string of the molecule is CC1C(C(=O)c2cncs2)C(CCCCNC(=O)c2cc3ccncc3s2)CCN1C. The lowest BCUT2D eigenvalue weighted by Crippen LogP contribution is -2.48. The molecule has 3 aromatic rings. The number of nitrogens with one attached hydrogen (secondary N) is 1. The Kier molecular flexibility index (Phi) is 7.09. The zero-order chi connectivity index (χ0) is 21.8. The lowest BCUT2D eigenvalue weighted by atomic mass is 9.75. The summed E-state index contributed by atoms with van der Waals surface area (Å²) in [7, 11) is 2.10. The number of amides is 1. The highest BCUT2D eigenvalue weighted by atomic mass is 32.1. The Morgan fingerprint density at radius 2 is 2.10 bits per heavy atom. The maximum atomic E-state index is 13.1. The van der Waals surface area contributed by atoms with Crippen molar-refractivity contribution in [2.45, 2.75) is 38.6 Å². The van der Waals surface area contributed by atoms with Gasteiger partial charge < -0.3 is 10.2 Å². The summed E-state index contributed by atoms with van der Waals surface area (Å²) in [4.78, 5) is 37.6. The van der Waals surface area contributed by atoms with E-state index in [4.69, 9.17) is 0 Å². The number of hydrogen-bond acceptors (Lipinski definition) is 7. The molecule has 1 aliphatic rings. The largest absolute Gasteiger partial charge is 0.351 e. The van der Waals surface area contributed by atoms with Crippen LogP contribution in [0.25, 0.3) is 10.1 Å². The van der Waals surface area contributed by atoms with Gasteiger partial charge in [-0.05, 0) is 63.2 Å². The van der Waals surface area contributed by atoms with Crippen molar-refractivity contribution in [3.05, 3.63) is 46.0 Å². The molecule has 1 N–H and O–H groups in total. The van der Waals surface area contributed by atoms with Gasteiger partial charge in [0.1, 0.15) is 0 Å². The van der Waals surface area contributed by atoms with E-state index in [0.29, 0.717) is 12.5 Å². The van der Waals surface area contributed by atoms with E-state index in [-0.39, 0.29) is 23.7 Å². The highest BCUT2D eigenvalue weighted by Gasteiger charge is 2.38. The minimum Gasteiger partial charge on any atom is -0.351 e. The van der Waals surface area contributed by atoms with Crippen LogP contribution in [0.5, 0.6) is 0 Å². The number of aromatic nitrogens is 2. The zero-order valence-electron chi connectivity index (χ0n) is 17.9. The van der Waals surface area contributed by atoms with E-state index in [9.17, 15) is 9.59 Å². The predicted octanol–water partition coefficient (Wildman–Crippen LogP) is 4.49. The summed E-state index contributed by atoms with van der Waals surface area (Å²) in [5, 5.41) is 4.09. The van der Waals surface area contributed by atoms with Gasteiger partial charge in [-0.3, -0.25) is 19.6 Å². The number of pyridine rings is 1. The first-order valence-corrected chi connectivity index (χ1v) is 12.5.